The third-order valence-corrected chi connectivity index (χ3v) is 3.58. The van der Waals surface area contributed by atoms with Gasteiger partial charge in [0.05, 0.1) is 6.04 Å². The molecule has 22 heavy (non-hydrogen) atoms. The number of carbonyl (C=O) groups is 1. The molecule has 2 heterocycles. The zero-order valence-electron chi connectivity index (χ0n) is 13.9. The Morgan fingerprint density at radius 2 is 2.18 bits per heavy atom. The first-order chi connectivity index (χ1) is 10.3. The first kappa shape index (κ1) is 16.5. The van der Waals surface area contributed by atoms with Crippen LogP contribution < -0.4 is 5.32 Å². The lowest BCUT2D eigenvalue weighted by atomic mass is 10.0. The maximum Gasteiger partial charge on any atom is 0.410 e. The number of ether oxygens (including phenoxy) is 1. The fraction of sp³-hybridized carbons (Fsp3) is 0.688. The minimum atomic E-state index is -0.462. The number of piperidine rings is 1. The van der Waals surface area contributed by atoms with Crippen molar-refractivity contribution in [3.63, 3.8) is 0 Å². The number of carbonyl (C=O) groups excluding carboxylic acids is 1. The first-order valence-electron chi connectivity index (χ1n) is 7.87. The van der Waals surface area contributed by atoms with Crippen LogP contribution in [-0.2, 0) is 4.74 Å². The molecule has 1 amide bonds. The second-order valence-corrected chi connectivity index (χ2v) is 6.75. The summed E-state index contributed by atoms with van der Waals surface area (Å²) in [6.07, 6.45) is 4.47. The SMILES string of the molecule is Cc1cc(NCC2CCCCN2C(=O)OC(C)(C)C)ncn1. The highest BCUT2D eigenvalue weighted by Crippen LogP contribution is 2.20. The van der Waals surface area contributed by atoms with Gasteiger partial charge in [-0.05, 0) is 47.0 Å². The number of nitrogens with one attached hydrogen (secondary N) is 1. The van der Waals surface area contributed by atoms with Crippen molar-refractivity contribution in [1.82, 2.24) is 14.9 Å². The number of hydrogen-bond acceptors (Lipinski definition) is 5. The molecular weight excluding hydrogens is 280 g/mol. The van der Waals surface area contributed by atoms with E-state index in [0.717, 1.165) is 37.3 Å². The average molecular weight is 306 g/mol. The number of anilines is 1. The summed E-state index contributed by atoms with van der Waals surface area (Å²) in [4.78, 5) is 22.5. The second-order valence-electron chi connectivity index (χ2n) is 6.75. The quantitative estimate of drug-likeness (QED) is 0.930. The lowest BCUT2D eigenvalue weighted by Gasteiger charge is -2.36. The summed E-state index contributed by atoms with van der Waals surface area (Å²) < 4.78 is 5.51. The lowest BCUT2D eigenvalue weighted by molar-refractivity contribution is 0.0114. The summed E-state index contributed by atoms with van der Waals surface area (Å²) in [5, 5.41) is 3.30. The molecule has 6 nitrogen and oxygen atoms in total. The van der Waals surface area contributed by atoms with Gasteiger partial charge >= 0.3 is 6.09 Å². The Morgan fingerprint density at radius 3 is 2.86 bits per heavy atom. The molecule has 0 radical (unpaired) electrons. The molecule has 2 rings (SSSR count). The summed E-state index contributed by atoms with van der Waals surface area (Å²) in [6.45, 7) is 9.05. The van der Waals surface area contributed by atoms with E-state index in [0.29, 0.717) is 6.54 Å². The average Bonchev–Trinajstić information content (AvgIpc) is 2.44. The third kappa shape index (κ3) is 4.86. The van der Waals surface area contributed by atoms with Crippen LogP contribution in [0.1, 0.15) is 45.7 Å². The molecule has 1 aliphatic heterocycles. The zero-order chi connectivity index (χ0) is 16.2. The van der Waals surface area contributed by atoms with Crippen LogP contribution in [0.25, 0.3) is 0 Å². The Balaban J connectivity index is 1.96. The van der Waals surface area contributed by atoms with Crippen LogP contribution in [0.5, 0.6) is 0 Å². The van der Waals surface area contributed by atoms with Crippen molar-refractivity contribution in [3.8, 4) is 0 Å². The molecule has 0 saturated carbocycles. The van der Waals surface area contributed by atoms with Crippen LogP contribution in [-0.4, -0.2) is 45.7 Å². The smallest absolute Gasteiger partial charge is 0.410 e. The summed E-state index contributed by atoms with van der Waals surface area (Å²) in [6, 6.07) is 2.04. The molecular formula is C16H26N4O2. The summed E-state index contributed by atoms with van der Waals surface area (Å²) in [5.41, 5.74) is 0.459. The van der Waals surface area contributed by atoms with E-state index in [9.17, 15) is 4.79 Å². The summed E-state index contributed by atoms with van der Waals surface area (Å²) >= 11 is 0. The first-order valence-corrected chi connectivity index (χ1v) is 7.87. The fourth-order valence-corrected chi connectivity index (χ4v) is 2.55. The molecule has 1 unspecified atom stereocenters. The highest BCUT2D eigenvalue weighted by molar-refractivity contribution is 5.68. The number of nitrogens with zero attached hydrogens (tertiary/aromatic N) is 3. The highest BCUT2D eigenvalue weighted by atomic mass is 16.6. The number of rotatable bonds is 3. The molecule has 1 aromatic heterocycles. The number of hydrogen-bond donors (Lipinski definition) is 1. The minimum absolute atomic E-state index is 0.138. The summed E-state index contributed by atoms with van der Waals surface area (Å²) in [5.74, 6) is 0.794. The van der Waals surface area contributed by atoms with Gasteiger partial charge < -0.3 is 15.0 Å². The predicted molar refractivity (Wildman–Crippen MR) is 85.8 cm³/mol. The van der Waals surface area contributed by atoms with Crippen molar-refractivity contribution < 1.29 is 9.53 Å². The van der Waals surface area contributed by atoms with Crippen LogP contribution in [0.3, 0.4) is 0 Å². The number of aryl methyl sites for hydroxylation is 1. The maximum atomic E-state index is 12.3. The molecule has 1 aromatic rings. The van der Waals surface area contributed by atoms with E-state index >= 15 is 0 Å². The lowest BCUT2D eigenvalue weighted by Crippen LogP contribution is -2.48. The zero-order valence-corrected chi connectivity index (χ0v) is 13.9. The van der Waals surface area contributed by atoms with Crippen molar-refractivity contribution in [1.29, 1.82) is 0 Å². The Hall–Kier alpha value is -1.85. The Morgan fingerprint density at radius 1 is 1.41 bits per heavy atom. The standard InChI is InChI=1S/C16H26N4O2/c1-12-9-14(19-11-18-12)17-10-13-7-5-6-8-20(13)15(21)22-16(2,3)4/h9,11,13H,5-8,10H2,1-4H3,(H,17,18,19). The van der Waals surface area contributed by atoms with Crippen molar-refractivity contribution in [2.45, 2.75) is 58.6 Å². The molecule has 6 heteroatoms. The normalized spacial score (nSPS) is 18.9. The van der Waals surface area contributed by atoms with Crippen molar-refractivity contribution in [2.24, 2.45) is 0 Å². The van der Waals surface area contributed by atoms with Gasteiger partial charge in [-0.3, -0.25) is 0 Å². The van der Waals surface area contributed by atoms with E-state index < -0.39 is 5.60 Å². The van der Waals surface area contributed by atoms with E-state index in [1.807, 2.05) is 38.7 Å². The molecule has 0 aromatic carbocycles. The Kier molecular flexibility index (Phi) is 5.21. The number of aromatic nitrogens is 2. The topological polar surface area (TPSA) is 67.4 Å². The van der Waals surface area contributed by atoms with Crippen molar-refractivity contribution >= 4 is 11.9 Å². The fourth-order valence-electron chi connectivity index (χ4n) is 2.55. The van der Waals surface area contributed by atoms with Crippen LogP contribution in [0.15, 0.2) is 12.4 Å². The molecule has 0 bridgehead atoms. The van der Waals surface area contributed by atoms with E-state index in [2.05, 4.69) is 15.3 Å². The molecule has 0 aliphatic carbocycles. The van der Waals surface area contributed by atoms with E-state index in [1.54, 1.807) is 6.33 Å². The monoisotopic (exact) mass is 306 g/mol. The largest absolute Gasteiger partial charge is 0.444 e. The predicted octanol–water partition coefficient (Wildman–Crippen LogP) is 2.99. The van der Waals surface area contributed by atoms with Crippen LogP contribution in [0, 0.1) is 6.92 Å². The van der Waals surface area contributed by atoms with Gasteiger partial charge in [0.15, 0.2) is 0 Å². The third-order valence-electron chi connectivity index (χ3n) is 3.58. The Labute approximate surface area is 132 Å². The number of amides is 1. The van der Waals surface area contributed by atoms with E-state index in [1.165, 1.54) is 0 Å². The molecule has 1 saturated heterocycles. The van der Waals surface area contributed by atoms with E-state index in [4.69, 9.17) is 4.74 Å². The maximum absolute atomic E-state index is 12.3. The van der Waals surface area contributed by atoms with Crippen LogP contribution in [0.2, 0.25) is 0 Å². The van der Waals surface area contributed by atoms with Gasteiger partial charge in [0.1, 0.15) is 17.7 Å². The van der Waals surface area contributed by atoms with E-state index in [-0.39, 0.29) is 12.1 Å². The second kappa shape index (κ2) is 6.94. The summed E-state index contributed by atoms with van der Waals surface area (Å²) in [7, 11) is 0. The minimum Gasteiger partial charge on any atom is -0.444 e. The molecule has 0 spiro atoms. The Bertz CT molecular complexity index is 513. The van der Waals surface area contributed by atoms with Gasteiger partial charge in [-0.1, -0.05) is 0 Å². The van der Waals surface area contributed by atoms with Crippen LogP contribution >= 0.6 is 0 Å². The van der Waals surface area contributed by atoms with Gasteiger partial charge in [0.25, 0.3) is 0 Å². The van der Waals surface area contributed by atoms with Crippen LogP contribution in [0.4, 0.5) is 10.6 Å². The van der Waals surface area contributed by atoms with Gasteiger partial charge in [-0.25, -0.2) is 14.8 Å². The molecule has 122 valence electrons. The van der Waals surface area contributed by atoms with Crippen molar-refractivity contribution in [3.05, 3.63) is 18.1 Å². The van der Waals surface area contributed by atoms with Gasteiger partial charge in [0, 0.05) is 24.8 Å². The van der Waals surface area contributed by atoms with Gasteiger partial charge in [0.2, 0.25) is 0 Å². The highest BCUT2D eigenvalue weighted by Gasteiger charge is 2.30. The van der Waals surface area contributed by atoms with Gasteiger partial charge in [-0.15, -0.1) is 0 Å². The molecule has 1 fully saturated rings. The molecule has 1 aliphatic rings. The molecule has 1 atom stereocenters. The van der Waals surface area contributed by atoms with Gasteiger partial charge in [-0.2, -0.15) is 0 Å². The number of likely N-dealkylation sites (tertiary alicyclic amines) is 1. The molecule has 1 N–H and O–H groups in total. The van der Waals surface area contributed by atoms with Crippen molar-refractivity contribution in [2.75, 3.05) is 18.4 Å².